The van der Waals surface area contributed by atoms with E-state index < -0.39 is 0 Å². The molecule has 0 heterocycles. The van der Waals surface area contributed by atoms with Gasteiger partial charge in [-0.25, -0.2) is 0 Å². The average molecular weight is 375 g/mol. The van der Waals surface area contributed by atoms with Crippen LogP contribution in [-0.4, -0.2) is 26.1 Å². The first-order valence-corrected chi connectivity index (χ1v) is 8.38. The molecule has 0 amide bonds. The number of hydrogen-bond donors (Lipinski definition) is 0. The van der Waals surface area contributed by atoms with Gasteiger partial charge < -0.3 is 9.64 Å². The summed E-state index contributed by atoms with van der Waals surface area (Å²) in [5, 5.41) is 0. The highest BCUT2D eigenvalue weighted by molar-refractivity contribution is 9.10. The number of hydrogen-bond acceptors (Lipinski definition) is 2. The highest BCUT2D eigenvalue weighted by atomic mass is 79.9. The van der Waals surface area contributed by atoms with Gasteiger partial charge in [0.15, 0.2) is 0 Å². The van der Waals surface area contributed by atoms with Crippen molar-refractivity contribution in [3.05, 3.63) is 27.2 Å². The lowest BCUT2D eigenvalue weighted by Crippen LogP contribution is -2.27. The van der Waals surface area contributed by atoms with Crippen LogP contribution in [0.4, 0.5) is 0 Å². The number of benzene rings is 1. The summed E-state index contributed by atoms with van der Waals surface area (Å²) in [6.45, 7) is 2.26. The number of aryl methyl sites for hydroxylation is 1. The van der Waals surface area contributed by atoms with E-state index in [1.54, 1.807) is 12.7 Å². The van der Waals surface area contributed by atoms with Crippen LogP contribution >= 0.6 is 28.3 Å². The minimum Gasteiger partial charge on any atom is -0.495 e. The summed E-state index contributed by atoms with van der Waals surface area (Å²) in [7, 11) is 6.21. The molecule has 0 aliphatic heterocycles. The molecule has 118 valence electrons. The first-order valence-electron chi connectivity index (χ1n) is 7.59. The lowest BCUT2D eigenvalue weighted by Gasteiger charge is -2.33. The molecule has 3 atom stereocenters. The Morgan fingerprint density at radius 3 is 2.48 bits per heavy atom. The van der Waals surface area contributed by atoms with Crippen LogP contribution in [0.15, 0.2) is 10.5 Å². The lowest BCUT2D eigenvalue weighted by molar-refractivity contribution is 0.172. The van der Waals surface area contributed by atoms with Crippen molar-refractivity contribution < 1.29 is 4.74 Å². The molecular weight excluding hydrogens is 350 g/mol. The van der Waals surface area contributed by atoms with Gasteiger partial charge in [0, 0.05) is 11.6 Å². The van der Waals surface area contributed by atoms with Crippen molar-refractivity contribution in [2.75, 3.05) is 21.2 Å². The third-order valence-corrected chi connectivity index (χ3v) is 5.76. The van der Waals surface area contributed by atoms with Crippen LogP contribution in [0.25, 0.3) is 0 Å². The number of methoxy groups -OCH3 is 1. The van der Waals surface area contributed by atoms with E-state index in [2.05, 4.69) is 47.9 Å². The molecular formula is C17H25BrClNO. The van der Waals surface area contributed by atoms with Gasteiger partial charge in [-0.15, -0.1) is 12.4 Å². The van der Waals surface area contributed by atoms with Crippen molar-refractivity contribution in [3.8, 4) is 5.75 Å². The Bertz CT molecular complexity index is 532. The van der Waals surface area contributed by atoms with Crippen molar-refractivity contribution in [2.45, 2.75) is 44.6 Å². The van der Waals surface area contributed by atoms with E-state index in [4.69, 9.17) is 4.74 Å². The molecule has 2 aliphatic carbocycles. The molecule has 0 aromatic heterocycles. The maximum Gasteiger partial charge on any atom is 0.138 e. The van der Waals surface area contributed by atoms with Gasteiger partial charge in [-0.3, -0.25) is 0 Å². The monoisotopic (exact) mass is 373 g/mol. The van der Waals surface area contributed by atoms with Gasteiger partial charge >= 0.3 is 0 Å². The molecule has 21 heavy (non-hydrogen) atoms. The van der Waals surface area contributed by atoms with E-state index in [0.29, 0.717) is 6.04 Å². The van der Waals surface area contributed by atoms with Gasteiger partial charge in [-0.1, -0.05) is 12.8 Å². The van der Waals surface area contributed by atoms with Crippen LogP contribution in [0.5, 0.6) is 5.75 Å². The van der Waals surface area contributed by atoms with Crippen molar-refractivity contribution in [3.63, 3.8) is 0 Å². The first kappa shape index (κ1) is 17.1. The van der Waals surface area contributed by atoms with Crippen molar-refractivity contribution >= 4 is 28.3 Å². The quantitative estimate of drug-likeness (QED) is 0.716. The Morgan fingerprint density at radius 1 is 1.19 bits per heavy atom. The Labute approximate surface area is 142 Å². The normalized spacial score (nSPS) is 27.0. The molecule has 0 bridgehead atoms. The predicted molar refractivity (Wildman–Crippen MR) is 93.8 cm³/mol. The highest BCUT2D eigenvalue weighted by Crippen LogP contribution is 2.58. The number of nitrogens with zero attached hydrogens (tertiary/aromatic N) is 1. The Hall–Kier alpha value is -0.250. The fraction of sp³-hybridized carbons (Fsp3) is 0.647. The number of rotatable bonds is 2. The van der Waals surface area contributed by atoms with E-state index in [-0.39, 0.29) is 12.4 Å². The summed E-state index contributed by atoms with van der Waals surface area (Å²) < 4.78 is 6.85. The predicted octanol–water partition coefficient (Wildman–Crippen LogP) is 5.08. The van der Waals surface area contributed by atoms with Crippen LogP contribution in [0, 0.1) is 12.8 Å². The van der Waals surface area contributed by atoms with Crippen LogP contribution in [0.1, 0.15) is 54.3 Å². The number of fused-ring (bicyclic) bond motifs is 3. The molecule has 1 aromatic carbocycles. The van der Waals surface area contributed by atoms with Gasteiger partial charge in [-0.2, -0.15) is 0 Å². The van der Waals surface area contributed by atoms with E-state index in [0.717, 1.165) is 22.1 Å². The Kier molecular flexibility index (Phi) is 5.27. The van der Waals surface area contributed by atoms with Crippen molar-refractivity contribution in [2.24, 2.45) is 5.92 Å². The standard InChI is InChI=1S/C17H24BrNO.ClH/c1-10-9-13(18)17(20-4)15-14(10)11-7-5-6-8-12(11)16(15)19(2)3;/h9,11-12,16H,5-8H2,1-4H3;1H. The maximum absolute atomic E-state index is 5.76. The van der Waals surface area contributed by atoms with Gasteiger partial charge in [-0.05, 0) is 78.8 Å². The SMILES string of the molecule is COc1c(Br)cc(C)c2c1C(N(C)C)C1CCCCC21.Cl. The zero-order chi connectivity index (χ0) is 14.4. The van der Waals surface area contributed by atoms with E-state index >= 15 is 0 Å². The minimum absolute atomic E-state index is 0. The van der Waals surface area contributed by atoms with Gasteiger partial charge in [0.05, 0.1) is 11.6 Å². The van der Waals surface area contributed by atoms with E-state index in [9.17, 15) is 0 Å². The number of ether oxygens (including phenoxy) is 1. The van der Waals surface area contributed by atoms with E-state index in [1.807, 2.05) is 0 Å². The van der Waals surface area contributed by atoms with Crippen LogP contribution in [0.3, 0.4) is 0 Å². The van der Waals surface area contributed by atoms with Gasteiger partial charge in [0.1, 0.15) is 5.75 Å². The highest BCUT2D eigenvalue weighted by Gasteiger charge is 2.45. The molecule has 2 nitrogen and oxygen atoms in total. The molecule has 1 saturated carbocycles. The maximum atomic E-state index is 5.76. The van der Waals surface area contributed by atoms with Crippen molar-refractivity contribution in [1.82, 2.24) is 4.90 Å². The van der Waals surface area contributed by atoms with Crippen LogP contribution in [-0.2, 0) is 0 Å². The topological polar surface area (TPSA) is 12.5 Å². The zero-order valence-corrected chi connectivity index (χ0v) is 15.7. The summed E-state index contributed by atoms with van der Waals surface area (Å²) >= 11 is 3.69. The molecule has 1 fully saturated rings. The Balaban J connectivity index is 0.00000161. The molecule has 4 heteroatoms. The third kappa shape index (κ3) is 2.62. The summed E-state index contributed by atoms with van der Waals surface area (Å²) in [6, 6.07) is 2.74. The molecule has 0 spiro atoms. The second-order valence-electron chi connectivity index (χ2n) is 6.50. The summed E-state index contributed by atoms with van der Waals surface area (Å²) in [4.78, 5) is 2.39. The molecule has 0 N–H and O–H groups in total. The van der Waals surface area contributed by atoms with Crippen LogP contribution < -0.4 is 4.74 Å². The first-order chi connectivity index (χ1) is 9.56. The molecule has 1 aromatic rings. The Morgan fingerprint density at radius 2 is 1.86 bits per heavy atom. The molecule has 0 radical (unpaired) electrons. The fourth-order valence-electron chi connectivity index (χ4n) is 4.54. The van der Waals surface area contributed by atoms with Gasteiger partial charge in [0.25, 0.3) is 0 Å². The fourth-order valence-corrected chi connectivity index (χ4v) is 5.26. The van der Waals surface area contributed by atoms with E-state index in [1.165, 1.54) is 36.8 Å². The smallest absolute Gasteiger partial charge is 0.138 e. The summed E-state index contributed by atoms with van der Waals surface area (Å²) in [5.41, 5.74) is 4.45. The second-order valence-corrected chi connectivity index (χ2v) is 7.35. The van der Waals surface area contributed by atoms with Gasteiger partial charge in [0.2, 0.25) is 0 Å². The van der Waals surface area contributed by atoms with Crippen LogP contribution in [0.2, 0.25) is 0 Å². The molecule has 2 aliphatic rings. The lowest BCUT2D eigenvalue weighted by atomic mass is 9.77. The second kappa shape index (κ2) is 6.47. The molecule has 3 rings (SSSR count). The summed E-state index contributed by atoms with van der Waals surface area (Å²) in [6.07, 6.45) is 5.44. The third-order valence-electron chi connectivity index (χ3n) is 5.17. The molecule has 3 unspecified atom stereocenters. The summed E-state index contributed by atoms with van der Waals surface area (Å²) in [5.74, 6) is 2.54. The minimum atomic E-state index is 0. The largest absolute Gasteiger partial charge is 0.495 e. The average Bonchev–Trinajstić information content (AvgIpc) is 2.74. The zero-order valence-electron chi connectivity index (χ0n) is 13.3. The number of halogens is 2. The van der Waals surface area contributed by atoms with Crippen molar-refractivity contribution in [1.29, 1.82) is 0 Å². The molecule has 0 saturated heterocycles.